The van der Waals surface area contributed by atoms with Crippen LogP contribution in [0, 0.1) is 12.3 Å². The van der Waals surface area contributed by atoms with Crippen LogP contribution in [0.2, 0.25) is 0 Å². The summed E-state index contributed by atoms with van der Waals surface area (Å²) in [5.74, 6) is 0.0378. The van der Waals surface area contributed by atoms with E-state index in [0.29, 0.717) is 12.2 Å². The van der Waals surface area contributed by atoms with Gasteiger partial charge in [0.2, 0.25) is 5.91 Å². The molecular weight excluding hydrogens is 436 g/mol. The number of likely N-dealkylation sites (tertiary alicyclic amines) is 1. The van der Waals surface area contributed by atoms with Crippen LogP contribution < -0.4 is 4.90 Å². The van der Waals surface area contributed by atoms with Crippen LogP contribution in [0.15, 0.2) is 30.5 Å². The summed E-state index contributed by atoms with van der Waals surface area (Å²) >= 11 is 1.38. The number of carbonyl (C=O) groups excluding carboxylic acids is 2. The van der Waals surface area contributed by atoms with Gasteiger partial charge in [0.15, 0.2) is 0 Å². The second kappa shape index (κ2) is 7.88. The van der Waals surface area contributed by atoms with Crippen molar-refractivity contribution in [3.05, 3.63) is 52.7 Å². The largest absolute Gasteiger partial charge is 0.457 e. The molecule has 0 bridgehead atoms. The van der Waals surface area contributed by atoms with Crippen molar-refractivity contribution >= 4 is 39.4 Å². The molecule has 0 unspecified atom stereocenters. The molecule has 0 radical (unpaired) electrons. The minimum atomic E-state index is -0.247. The fraction of sp³-hybridized carbons (Fsp3) is 0.440. The Hall–Kier alpha value is -2.84. The number of aromatic nitrogens is 2. The number of carbonyl (C=O) groups is 2. The number of hydrogen-bond acceptors (Lipinski definition) is 7. The Morgan fingerprint density at radius 1 is 1.12 bits per heavy atom. The van der Waals surface area contributed by atoms with Gasteiger partial charge in [-0.15, -0.1) is 0 Å². The molecule has 1 amide bonds. The van der Waals surface area contributed by atoms with Gasteiger partial charge in [-0.05, 0) is 86.6 Å². The van der Waals surface area contributed by atoms with Crippen LogP contribution in [0.3, 0.4) is 0 Å². The highest BCUT2D eigenvalue weighted by Gasteiger charge is 2.49. The van der Waals surface area contributed by atoms with Crippen molar-refractivity contribution in [2.24, 2.45) is 5.41 Å². The summed E-state index contributed by atoms with van der Waals surface area (Å²) in [7, 11) is 0. The zero-order chi connectivity index (χ0) is 22.6. The maximum atomic E-state index is 13.5. The summed E-state index contributed by atoms with van der Waals surface area (Å²) in [6.07, 6.45) is 5.42. The van der Waals surface area contributed by atoms with Crippen LogP contribution in [-0.4, -0.2) is 52.3 Å². The van der Waals surface area contributed by atoms with E-state index in [0.717, 1.165) is 73.5 Å². The van der Waals surface area contributed by atoms with E-state index < -0.39 is 0 Å². The highest BCUT2D eigenvalue weighted by Crippen LogP contribution is 2.45. The molecule has 8 heteroatoms. The number of nitrogens with zero attached hydrogens (tertiary/aromatic N) is 4. The summed E-state index contributed by atoms with van der Waals surface area (Å²) in [6.45, 7) is 6.07. The first kappa shape index (κ1) is 20.7. The lowest BCUT2D eigenvalue weighted by atomic mass is 9.77. The standard InChI is InChI=1S/C25H26N4O3S/c1-16-17(4-5-18-19(16)15-32-23(18)30)6-11-28-12-7-25(8-13-28)9-14-29(24(25)31)22-21-20(27-33-22)3-2-10-26-21/h2-5,10H,6-9,11-15H2,1H3. The van der Waals surface area contributed by atoms with Gasteiger partial charge >= 0.3 is 5.97 Å². The maximum absolute atomic E-state index is 13.5. The highest BCUT2D eigenvalue weighted by atomic mass is 32.1. The van der Waals surface area contributed by atoms with E-state index in [1.807, 2.05) is 23.1 Å². The van der Waals surface area contributed by atoms with E-state index in [-0.39, 0.29) is 17.3 Å². The molecule has 3 aromatic rings. The molecule has 2 saturated heterocycles. The number of piperidine rings is 1. The van der Waals surface area contributed by atoms with Crippen LogP contribution in [0.5, 0.6) is 0 Å². The fourth-order valence-electron chi connectivity index (χ4n) is 5.58. The molecule has 1 aromatic carbocycles. The maximum Gasteiger partial charge on any atom is 0.338 e. The Morgan fingerprint density at radius 3 is 2.79 bits per heavy atom. The molecule has 2 aromatic heterocycles. The smallest absolute Gasteiger partial charge is 0.338 e. The van der Waals surface area contributed by atoms with E-state index in [2.05, 4.69) is 27.2 Å². The van der Waals surface area contributed by atoms with Crippen LogP contribution in [0.25, 0.3) is 11.0 Å². The van der Waals surface area contributed by atoms with Gasteiger partial charge in [0.25, 0.3) is 0 Å². The van der Waals surface area contributed by atoms with Gasteiger partial charge in [0, 0.05) is 24.8 Å². The lowest BCUT2D eigenvalue weighted by Gasteiger charge is -2.38. The normalized spacial score (nSPS) is 20.1. The third kappa shape index (κ3) is 3.35. The number of benzene rings is 1. The second-order valence-electron chi connectivity index (χ2n) is 9.39. The lowest BCUT2D eigenvalue weighted by Crippen LogP contribution is -2.45. The number of esters is 1. The number of cyclic esters (lactones) is 1. The number of amides is 1. The molecule has 0 aliphatic carbocycles. The summed E-state index contributed by atoms with van der Waals surface area (Å²) < 4.78 is 9.66. The Kier molecular flexibility index (Phi) is 4.96. The van der Waals surface area contributed by atoms with Gasteiger partial charge < -0.3 is 14.5 Å². The molecule has 0 saturated carbocycles. The first-order valence-corrected chi connectivity index (χ1v) is 12.4. The van der Waals surface area contributed by atoms with Gasteiger partial charge in [-0.3, -0.25) is 9.78 Å². The molecule has 1 spiro atoms. The van der Waals surface area contributed by atoms with Crippen molar-refractivity contribution in [3.63, 3.8) is 0 Å². The van der Waals surface area contributed by atoms with E-state index in [4.69, 9.17) is 4.74 Å². The monoisotopic (exact) mass is 462 g/mol. The number of hydrogen-bond donors (Lipinski definition) is 0. The summed E-state index contributed by atoms with van der Waals surface area (Å²) in [5, 5.41) is 0.893. The van der Waals surface area contributed by atoms with Crippen molar-refractivity contribution in [3.8, 4) is 0 Å². The Labute approximate surface area is 196 Å². The van der Waals surface area contributed by atoms with E-state index in [9.17, 15) is 9.59 Å². The average molecular weight is 463 g/mol. The molecule has 0 atom stereocenters. The molecule has 6 rings (SSSR count). The lowest BCUT2D eigenvalue weighted by molar-refractivity contribution is -0.127. The van der Waals surface area contributed by atoms with Gasteiger partial charge in [-0.25, -0.2) is 4.79 Å². The molecule has 33 heavy (non-hydrogen) atoms. The quantitative estimate of drug-likeness (QED) is 0.550. The highest BCUT2D eigenvalue weighted by molar-refractivity contribution is 7.12. The molecule has 7 nitrogen and oxygen atoms in total. The third-order valence-corrected chi connectivity index (χ3v) is 8.64. The van der Waals surface area contributed by atoms with Crippen molar-refractivity contribution in [2.45, 2.75) is 39.2 Å². The van der Waals surface area contributed by atoms with Crippen LogP contribution in [0.4, 0.5) is 5.00 Å². The number of rotatable bonds is 4. The molecule has 0 N–H and O–H groups in total. The van der Waals surface area contributed by atoms with Gasteiger partial charge in [-0.2, -0.15) is 4.37 Å². The molecule has 3 aliphatic heterocycles. The van der Waals surface area contributed by atoms with Gasteiger partial charge in [0.05, 0.1) is 11.0 Å². The summed E-state index contributed by atoms with van der Waals surface area (Å²) in [4.78, 5) is 34.2. The summed E-state index contributed by atoms with van der Waals surface area (Å²) in [5.41, 5.74) is 5.66. The number of ether oxygens (including phenoxy) is 1. The third-order valence-electron chi connectivity index (χ3n) is 7.77. The van der Waals surface area contributed by atoms with Crippen LogP contribution >= 0.6 is 11.5 Å². The molecule has 170 valence electrons. The number of fused-ring (bicyclic) bond motifs is 2. The summed E-state index contributed by atoms with van der Waals surface area (Å²) in [6, 6.07) is 7.80. The minimum absolute atomic E-state index is 0.210. The van der Waals surface area contributed by atoms with Crippen molar-refractivity contribution in [1.82, 2.24) is 14.3 Å². The van der Waals surface area contributed by atoms with E-state index >= 15 is 0 Å². The SMILES string of the molecule is Cc1c(CCN2CCC3(CC2)CCN(c2snc4cccnc24)C3=O)ccc2c1COC2=O. The first-order chi connectivity index (χ1) is 16.1. The Bertz CT molecular complexity index is 1260. The predicted octanol–water partition coefficient (Wildman–Crippen LogP) is 3.73. The van der Waals surface area contributed by atoms with E-state index in [1.165, 1.54) is 22.7 Å². The van der Waals surface area contributed by atoms with Crippen LogP contribution in [0.1, 0.15) is 46.3 Å². The van der Waals surface area contributed by atoms with Crippen LogP contribution in [-0.2, 0) is 22.6 Å². The Morgan fingerprint density at radius 2 is 1.94 bits per heavy atom. The average Bonchev–Trinajstić information content (AvgIpc) is 3.52. The van der Waals surface area contributed by atoms with Gasteiger partial charge in [0.1, 0.15) is 22.6 Å². The van der Waals surface area contributed by atoms with Crippen molar-refractivity contribution in [2.75, 3.05) is 31.1 Å². The number of pyridine rings is 1. The first-order valence-electron chi connectivity index (χ1n) is 11.6. The van der Waals surface area contributed by atoms with E-state index in [1.54, 1.807) is 6.20 Å². The minimum Gasteiger partial charge on any atom is -0.457 e. The second-order valence-corrected chi connectivity index (χ2v) is 10.1. The molecule has 2 fully saturated rings. The fourth-order valence-corrected chi connectivity index (χ4v) is 6.43. The molecular formula is C25H26N4O3S. The van der Waals surface area contributed by atoms with Gasteiger partial charge in [-0.1, -0.05) is 6.07 Å². The van der Waals surface area contributed by atoms with Crippen molar-refractivity contribution < 1.29 is 14.3 Å². The zero-order valence-electron chi connectivity index (χ0n) is 18.7. The zero-order valence-corrected chi connectivity index (χ0v) is 19.5. The number of anilines is 1. The topological polar surface area (TPSA) is 75.6 Å². The molecule has 3 aliphatic rings. The molecule has 5 heterocycles. The van der Waals surface area contributed by atoms with Crippen molar-refractivity contribution in [1.29, 1.82) is 0 Å². The Balaban J connectivity index is 1.10. The predicted molar refractivity (Wildman–Crippen MR) is 126 cm³/mol.